The van der Waals surface area contributed by atoms with Gasteiger partial charge in [-0.05, 0) is 44.4 Å². The number of hydrogen-bond acceptors (Lipinski definition) is 2. The Morgan fingerprint density at radius 1 is 1.33 bits per heavy atom. The normalized spacial score (nSPS) is 12.6. The van der Waals surface area contributed by atoms with Crippen LogP contribution in [0.25, 0.3) is 0 Å². The van der Waals surface area contributed by atoms with Crippen molar-refractivity contribution in [2.24, 2.45) is 5.92 Å². The Kier molecular flexibility index (Phi) is 4.88. The van der Waals surface area contributed by atoms with Crippen LogP contribution in [0.1, 0.15) is 44.5 Å². The highest BCUT2D eigenvalue weighted by molar-refractivity contribution is 5.94. The maximum atomic E-state index is 14.0. The number of benzene rings is 1. The smallest absolute Gasteiger partial charge is 0.159 e. The predicted molar refractivity (Wildman–Crippen MR) is 73.7 cm³/mol. The third kappa shape index (κ3) is 3.56. The highest BCUT2D eigenvalue weighted by Gasteiger charge is 2.16. The Labute approximate surface area is 109 Å². The summed E-state index contributed by atoms with van der Waals surface area (Å²) in [5, 5.41) is 0. The van der Waals surface area contributed by atoms with Gasteiger partial charge in [0.1, 0.15) is 5.82 Å². The molecule has 0 radical (unpaired) electrons. The maximum Gasteiger partial charge on any atom is 0.159 e. The molecule has 0 fully saturated rings. The number of nitrogens with zero attached hydrogens (tertiary/aromatic N) is 1. The zero-order valence-electron chi connectivity index (χ0n) is 11.8. The van der Waals surface area contributed by atoms with E-state index in [1.165, 1.54) is 13.0 Å². The van der Waals surface area contributed by atoms with Crippen LogP contribution in [0.2, 0.25) is 0 Å². The van der Waals surface area contributed by atoms with Crippen LogP contribution in [0, 0.1) is 11.7 Å². The van der Waals surface area contributed by atoms with E-state index in [0.29, 0.717) is 17.2 Å². The van der Waals surface area contributed by atoms with E-state index in [2.05, 4.69) is 20.8 Å². The van der Waals surface area contributed by atoms with Crippen molar-refractivity contribution in [1.82, 2.24) is 0 Å². The summed E-state index contributed by atoms with van der Waals surface area (Å²) in [7, 11) is 1.89. The second kappa shape index (κ2) is 5.98. The van der Waals surface area contributed by atoms with E-state index in [9.17, 15) is 9.18 Å². The summed E-state index contributed by atoms with van der Waals surface area (Å²) in [5.74, 6) is 0.126. The van der Waals surface area contributed by atoms with Crippen LogP contribution in [0.5, 0.6) is 0 Å². The van der Waals surface area contributed by atoms with Gasteiger partial charge in [-0.1, -0.05) is 13.8 Å². The monoisotopic (exact) mass is 251 g/mol. The summed E-state index contributed by atoms with van der Waals surface area (Å²) in [4.78, 5) is 13.1. The average molecular weight is 251 g/mol. The van der Waals surface area contributed by atoms with Gasteiger partial charge in [-0.2, -0.15) is 0 Å². The molecule has 0 spiro atoms. The molecular weight excluding hydrogens is 229 g/mol. The van der Waals surface area contributed by atoms with Crippen molar-refractivity contribution in [3.8, 4) is 0 Å². The number of anilines is 1. The first-order valence-electron chi connectivity index (χ1n) is 6.36. The van der Waals surface area contributed by atoms with Crippen molar-refractivity contribution in [1.29, 1.82) is 0 Å². The number of carbonyl (C=O) groups excluding carboxylic acids is 1. The fraction of sp³-hybridized carbons (Fsp3) is 0.533. The maximum absolute atomic E-state index is 14.0. The second-order valence-electron chi connectivity index (χ2n) is 5.31. The van der Waals surface area contributed by atoms with E-state index in [1.54, 1.807) is 12.1 Å². The molecule has 2 nitrogen and oxygen atoms in total. The van der Waals surface area contributed by atoms with Gasteiger partial charge in [-0.25, -0.2) is 4.39 Å². The van der Waals surface area contributed by atoms with E-state index < -0.39 is 0 Å². The largest absolute Gasteiger partial charge is 0.370 e. The number of Topliss-reactive ketones (excluding diaryl/α,β-unsaturated/α-hetero) is 1. The molecule has 0 saturated carbocycles. The zero-order chi connectivity index (χ0) is 13.9. The third-order valence-corrected chi connectivity index (χ3v) is 3.21. The highest BCUT2D eigenvalue weighted by Crippen LogP contribution is 2.23. The first-order valence-corrected chi connectivity index (χ1v) is 6.36. The van der Waals surface area contributed by atoms with Crippen molar-refractivity contribution in [3.63, 3.8) is 0 Å². The van der Waals surface area contributed by atoms with Gasteiger partial charge in [0.2, 0.25) is 0 Å². The molecule has 0 N–H and O–H groups in total. The number of rotatable bonds is 5. The van der Waals surface area contributed by atoms with Gasteiger partial charge >= 0.3 is 0 Å². The van der Waals surface area contributed by atoms with Gasteiger partial charge in [0.15, 0.2) is 5.78 Å². The SMILES string of the molecule is CC(=O)c1ccc(N(C)C(C)CC(C)C)c(F)c1. The molecule has 1 rings (SSSR count). The van der Waals surface area contributed by atoms with Crippen molar-refractivity contribution in [2.45, 2.75) is 40.2 Å². The minimum Gasteiger partial charge on any atom is -0.370 e. The van der Waals surface area contributed by atoms with E-state index in [1.807, 2.05) is 11.9 Å². The van der Waals surface area contributed by atoms with E-state index in [4.69, 9.17) is 0 Å². The number of halogens is 1. The number of hydrogen-bond donors (Lipinski definition) is 0. The Morgan fingerprint density at radius 3 is 2.39 bits per heavy atom. The summed E-state index contributed by atoms with van der Waals surface area (Å²) in [5.41, 5.74) is 0.967. The van der Waals surface area contributed by atoms with Gasteiger partial charge in [0, 0.05) is 18.7 Å². The lowest BCUT2D eigenvalue weighted by Crippen LogP contribution is -2.30. The molecule has 3 heteroatoms. The fourth-order valence-electron chi connectivity index (χ4n) is 2.09. The van der Waals surface area contributed by atoms with Crippen LogP contribution in [0.3, 0.4) is 0 Å². The summed E-state index contributed by atoms with van der Waals surface area (Å²) < 4.78 is 14.0. The topological polar surface area (TPSA) is 20.3 Å². The molecule has 1 aromatic rings. The first-order chi connectivity index (χ1) is 8.32. The van der Waals surface area contributed by atoms with Crippen molar-refractivity contribution >= 4 is 11.5 Å². The molecule has 0 amide bonds. The quantitative estimate of drug-likeness (QED) is 0.740. The Hall–Kier alpha value is -1.38. The van der Waals surface area contributed by atoms with Gasteiger partial charge in [0.25, 0.3) is 0 Å². The molecule has 1 unspecified atom stereocenters. The first kappa shape index (κ1) is 14.7. The van der Waals surface area contributed by atoms with Gasteiger partial charge in [-0.3, -0.25) is 4.79 Å². The number of ketones is 1. The molecule has 1 aromatic carbocycles. The van der Waals surface area contributed by atoms with Gasteiger partial charge < -0.3 is 4.90 Å². The Balaban J connectivity index is 2.92. The molecule has 0 aliphatic rings. The zero-order valence-corrected chi connectivity index (χ0v) is 11.8. The Bertz CT molecular complexity index is 429. The lowest BCUT2D eigenvalue weighted by molar-refractivity contribution is 0.101. The standard InChI is InChI=1S/C15H22FNO/c1-10(2)8-11(3)17(5)15-7-6-13(12(4)18)9-14(15)16/h6-7,9-11H,8H2,1-5H3. The van der Waals surface area contributed by atoms with Crippen molar-refractivity contribution in [3.05, 3.63) is 29.6 Å². The fourth-order valence-corrected chi connectivity index (χ4v) is 2.09. The summed E-state index contributed by atoms with van der Waals surface area (Å²) in [6, 6.07) is 4.95. The minimum absolute atomic E-state index is 0.113. The van der Waals surface area contributed by atoms with E-state index in [0.717, 1.165) is 6.42 Å². The highest BCUT2D eigenvalue weighted by atomic mass is 19.1. The van der Waals surface area contributed by atoms with Crippen LogP contribution in [-0.4, -0.2) is 18.9 Å². The van der Waals surface area contributed by atoms with E-state index >= 15 is 0 Å². The van der Waals surface area contributed by atoms with E-state index in [-0.39, 0.29) is 17.6 Å². The lowest BCUT2D eigenvalue weighted by atomic mass is 10.0. The summed E-state index contributed by atoms with van der Waals surface area (Å²) >= 11 is 0. The average Bonchev–Trinajstić information content (AvgIpc) is 2.26. The Morgan fingerprint density at radius 2 is 1.94 bits per heavy atom. The molecule has 0 aromatic heterocycles. The van der Waals surface area contributed by atoms with Crippen molar-refractivity contribution < 1.29 is 9.18 Å². The van der Waals surface area contributed by atoms with Gasteiger partial charge in [0.05, 0.1) is 5.69 Å². The second-order valence-corrected chi connectivity index (χ2v) is 5.31. The van der Waals surface area contributed by atoms with Crippen LogP contribution in [0.15, 0.2) is 18.2 Å². The molecule has 100 valence electrons. The molecular formula is C15H22FNO. The summed E-state index contributed by atoms with van der Waals surface area (Å²) in [6.45, 7) is 7.83. The molecule has 1 atom stereocenters. The molecule has 0 saturated heterocycles. The molecule has 0 aliphatic heterocycles. The third-order valence-electron chi connectivity index (χ3n) is 3.21. The predicted octanol–water partition coefficient (Wildman–Crippen LogP) is 3.90. The minimum atomic E-state index is -0.333. The van der Waals surface area contributed by atoms with Crippen LogP contribution < -0.4 is 4.90 Å². The molecule has 18 heavy (non-hydrogen) atoms. The van der Waals surface area contributed by atoms with Crippen molar-refractivity contribution in [2.75, 3.05) is 11.9 Å². The lowest BCUT2D eigenvalue weighted by Gasteiger charge is -2.28. The number of carbonyl (C=O) groups is 1. The molecule has 0 bridgehead atoms. The van der Waals surface area contributed by atoms with Gasteiger partial charge in [-0.15, -0.1) is 0 Å². The summed E-state index contributed by atoms with van der Waals surface area (Å²) in [6.07, 6.45) is 1.00. The van der Waals surface area contributed by atoms with Crippen LogP contribution in [0.4, 0.5) is 10.1 Å². The van der Waals surface area contributed by atoms with Crippen LogP contribution in [-0.2, 0) is 0 Å². The molecule has 0 heterocycles. The molecule has 0 aliphatic carbocycles. The van der Waals surface area contributed by atoms with Crippen LogP contribution >= 0.6 is 0 Å².